The van der Waals surface area contributed by atoms with Crippen LogP contribution in [-0.2, 0) is 9.84 Å². The minimum atomic E-state index is -2.84. The molecule has 0 aromatic carbocycles. The molecule has 0 saturated heterocycles. The lowest BCUT2D eigenvalue weighted by Crippen LogP contribution is -2.33. The van der Waals surface area contributed by atoms with E-state index in [1.54, 1.807) is 0 Å². The van der Waals surface area contributed by atoms with Gasteiger partial charge >= 0.3 is 0 Å². The number of nitrogens with one attached hydrogen (secondary N) is 1. The minimum Gasteiger partial charge on any atom is -0.313 e. The van der Waals surface area contributed by atoms with Crippen LogP contribution in [0.15, 0.2) is 0 Å². The Labute approximate surface area is 99.9 Å². The van der Waals surface area contributed by atoms with Crippen LogP contribution in [-0.4, -0.2) is 33.0 Å². The third kappa shape index (κ3) is 6.48. The van der Waals surface area contributed by atoms with Crippen LogP contribution in [0.4, 0.5) is 0 Å². The summed E-state index contributed by atoms with van der Waals surface area (Å²) in [6, 6.07) is 0.0820. The standard InChI is InChI=1S/C12H25NO2S/c1-11(10-16(2,14)15)13-9-5-8-12-6-3-4-7-12/h11-13H,3-10H2,1-2H3. The van der Waals surface area contributed by atoms with Gasteiger partial charge in [0.25, 0.3) is 0 Å². The van der Waals surface area contributed by atoms with Gasteiger partial charge in [0.1, 0.15) is 9.84 Å². The summed E-state index contributed by atoms with van der Waals surface area (Å²) in [5.74, 6) is 1.18. The molecular formula is C12H25NO2S. The van der Waals surface area contributed by atoms with Gasteiger partial charge in [-0.3, -0.25) is 0 Å². The monoisotopic (exact) mass is 247 g/mol. The summed E-state index contributed by atoms with van der Waals surface area (Å²) in [5.41, 5.74) is 0. The number of rotatable bonds is 7. The predicted octanol–water partition coefficient (Wildman–Crippen LogP) is 1.98. The molecule has 1 unspecified atom stereocenters. The average Bonchev–Trinajstić information content (AvgIpc) is 2.62. The van der Waals surface area contributed by atoms with Gasteiger partial charge in [-0.25, -0.2) is 8.42 Å². The summed E-state index contributed by atoms with van der Waals surface area (Å²) < 4.78 is 22.1. The van der Waals surface area contributed by atoms with Crippen LogP contribution in [0.5, 0.6) is 0 Å². The number of hydrogen-bond donors (Lipinski definition) is 1. The smallest absolute Gasteiger partial charge is 0.148 e. The zero-order valence-electron chi connectivity index (χ0n) is 10.5. The van der Waals surface area contributed by atoms with E-state index in [1.165, 1.54) is 44.8 Å². The zero-order chi connectivity index (χ0) is 12.0. The van der Waals surface area contributed by atoms with Crippen LogP contribution >= 0.6 is 0 Å². The normalized spacial score (nSPS) is 20.1. The van der Waals surface area contributed by atoms with Crippen LogP contribution < -0.4 is 5.32 Å². The fraction of sp³-hybridized carbons (Fsp3) is 1.00. The third-order valence-corrected chi connectivity index (χ3v) is 4.41. The van der Waals surface area contributed by atoms with E-state index in [9.17, 15) is 8.42 Å². The second-order valence-corrected chi connectivity index (χ2v) is 7.43. The van der Waals surface area contributed by atoms with Crippen LogP contribution in [0.2, 0.25) is 0 Å². The molecule has 0 bridgehead atoms. The summed E-state index contributed by atoms with van der Waals surface area (Å²) in [7, 11) is -2.84. The van der Waals surface area contributed by atoms with Gasteiger partial charge in [-0.2, -0.15) is 0 Å². The summed E-state index contributed by atoms with van der Waals surface area (Å²) in [4.78, 5) is 0. The largest absolute Gasteiger partial charge is 0.313 e. The molecule has 1 atom stereocenters. The van der Waals surface area contributed by atoms with Crippen LogP contribution in [0, 0.1) is 5.92 Å². The zero-order valence-corrected chi connectivity index (χ0v) is 11.4. The lowest BCUT2D eigenvalue weighted by Gasteiger charge is -2.13. The Morgan fingerprint density at radius 3 is 2.50 bits per heavy atom. The summed E-state index contributed by atoms with van der Waals surface area (Å²) in [6.07, 6.45) is 9.39. The van der Waals surface area contributed by atoms with Gasteiger partial charge in [0.2, 0.25) is 0 Å². The molecule has 1 rings (SSSR count). The maximum atomic E-state index is 11.0. The molecule has 1 saturated carbocycles. The number of sulfone groups is 1. The van der Waals surface area contributed by atoms with Crippen molar-refractivity contribution in [2.24, 2.45) is 5.92 Å². The fourth-order valence-electron chi connectivity index (χ4n) is 2.55. The summed E-state index contributed by atoms with van der Waals surface area (Å²) >= 11 is 0. The van der Waals surface area contributed by atoms with Crippen molar-refractivity contribution >= 4 is 9.84 Å². The second-order valence-electron chi connectivity index (χ2n) is 5.24. The van der Waals surface area contributed by atoms with Crippen molar-refractivity contribution in [3.8, 4) is 0 Å². The number of hydrogen-bond acceptors (Lipinski definition) is 3. The van der Waals surface area contributed by atoms with Gasteiger partial charge in [0.15, 0.2) is 0 Å². The van der Waals surface area contributed by atoms with Crippen molar-refractivity contribution in [1.82, 2.24) is 5.32 Å². The van der Waals surface area contributed by atoms with Gasteiger partial charge in [0, 0.05) is 12.3 Å². The Balaban J connectivity index is 2.01. The molecule has 1 N–H and O–H groups in total. The van der Waals surface area contributed by atoms with Crippen LogP contribution in [0.1, 0.15) is 45.4 Å². The van der Waals surface area contributed by atoms with Crippen molar-refractivity contribution in [2.45, 2.75) is 51.5 Å². The third-order valence-electron chi connectivity index (χ3n) is 3.31. The topological polar surface area (TPSA) is 46.2 Å². The quantitative estimate of drug-likeness (QED) is 0.700. The molecule has 1 aliphatic rings. The van der Waals surface area contributed by atoms with E-state index in [4.69, 9.17) is 0 Å². The second kappa shape index (κ2) is 6.60. The molecule has 1 fully saturated rings. The Kier molecular flexibility index (Phi) is 5.76. The van der Waals surface area contributed by atoms with Gasteiger partial charge < -0.3 is 5.32 Å². The molecule has 0 amide bonds. The van der Waals surface area contributed by atoms with E-state index in [0.717, 1.165) is 12.5 Å². The maximum absolute atomic E-state index is 11.0. The van der Waals surface area contributed by atoms with Crippen LogP contribution in [0.3, 0.4) is 0 Å². The van der Waals surface area contributed by atoms with Gasteiger partial charge in [-0.1, -0.05) is 25.7 Å². The van der Waals surface area contributed by atoms with Crippen LogP contribution in [0.25, 0.3) is 0 Å². The first-order valence-corrected chi connectivity index (χ1v) is 8.44. The van der Waals surface area contributed by atoms with E-state index in [-0.39, 0.29) is 11.8 Å². The van der Waals surface area contributed by atoms with Crippen molar-refractivity contribution in [1.29, 1.82) is 0 Å². The molecule has 0 aromatic heterocycles. The molecule has 0 aromatic rings. The average molecular weight is 247 g/mol. The highest BCUT2D eigenvalue weighted by Gasteiger charge is 2.14. The van der Waals surface area contributed by atoms with E-state index in [2.05, 4.69) is 5.32 Å². The maximum Gasteiger partial charge on any atom is 0.148 e. The highest BCUT2D eigenvalue weighted by atomic mass is 32.2. The molecule has 16 heavy (non-hydrogen) atoms. The first kappa shape index (κ1) is 14.0. The van der Waals surface area contributed by atoms with Gasteiger partial charge in [-0.15, -0.1) is 0 Å². The molecule has 1 aliphatic carbocycles. The van der Waals surface area contributed by atoms with E-state index in [1.807, 2.05) is 6.92 Å². The minimum absolute atomic E-state index is 0.0820. The van der Waals surface area contributed by atoms with Crippen molar-refractivity contribution < 1.29 is 8.42 Å². The highest BCUT2D eigenvalue weighted by molar-refractivity contribution is 7.90. The van der Waals surface area contributed by atoms with Gasteiger partial charge in [-0.05, 0) is 32.2 Å². The molecule has 3 nitrogen and oxygen atoms in total. The fourth-order valence-corrected chi connectivity index (χ4v) is 3.58. The Hall–Kier alpha value is -0.0900. The first-order chi connectivity index (χ1) is 7.47. The van der Waals surface area contributed by atoms with Gasteiger partial charge in [0.05, 0.1) is 5.75 Å². The highest BCUT2D eigenvalue weighted by Crippen LogP contribution is 2.28. The molecule has 0 radical (unpaired) electrons. The van der Waals surface area contributed by atoms with Crippen molar-refractivity contribution in [3.63, 3.8) is 0 Å². The Bertz CT molecular complexity index is 281. The molecule has 96 valence electrons. The Morgan fingerprint density at radius 1 is 1.31 bits per heavy atom. The lowest BCUT2D eigenvalue weighted by atomic mass is 10.0. The summed E-state index contributed by atoms with van der Waals surface area (Å²) in [6.45, 7) is 2.89. The molecule has 0 heterocycles. The molecular weight excluding hydrogens is 222 g/mol. The molecule has 4 heteroatoms. The SMILES string of the molecule is CC(CS(C)(=O)=O)NCCCC1CCCC1. The van der Waals surface area contributed by atoms with E-state index < -0.39 is 9.84 Å². The van der Waals surface area contributed by atoms with Crippen molar-refractivity contribution in [3.05, 3.63) is 0 Å². The molecule has 0 spiro atoms. The summed E-state index contributed by atoms with van der Waals surface area (Å²) in [5, 5.41) is 3.28. The first-order valence-electron chi connectivity index (χ1n) is 6.38. The Morgan fingerprint density at radius 2 is 1.94 bits per heavy atom. The van der Waals surface area contributed by atoms with E-state index in [0.29, 0.717) is 0 Å². The lowest BCUT2D eigenvalue weighted by molar-refractivity contribution is 0.459. The van der Waals surface area contributed by atoms with Crippen molar-refractivity contribution in [2.75, 3.05) is 18.6 Å². The van der Waals surface area contributed by atoms with E-state index >= 15 is 0 Å². The molecule has 0 aliphatic heterocycles. The predicted molar refractivity (Wildman–Crippen MR) is 68.4 cm³/mol.